The summed E-state index contributed by atoms with van der Waals surface area (Å²) >= 11 is 0. The lowest BCUT2D eigenvalue weighted by atomic mass is 10.0. The molecule has 0 aliphatic carbocycles. The van der Waals surface area contributed by atoms with E-state index >= 15 is 0 Å². The fourth-order valence-electron chi connectivity index (χ4n) is 2.94. The Morgan fingerprint density at radius 1 is 1.33 bits per heavy atom. The summed E-state index contributed by atoms with van der Waals surface area (Å²) in [5.41, 5.74) is 8.78. The Labute approximate surface area is 126 Å². The van der Waals surface area contributed by atoms with Crippen LogP contribution in [0.25, 0.3) is 0 Å². The molecule has 21 heavy (non-hydrogen) atoms. The van der Waals surface area contributed by atoms with Crippen molar-refractivity contribution in [2.75, 3.05) is 18.9 Å². The summed E-state index contributed by atoms with van der Waals surface area (Å²) in [4.78, 5) is 0.302. The highest BCUT2D eigenvalue weighted by Crippen LogP contribution is 2.28. The molecule has 1 fully saturated rings. The topological polar surface area (TPSA) is 81.4 Å². The van der Waals surface area contributed by atoms with Gasteiger partial charge >= 0.3 is 0 Å². The number of hydrogen-bond donors (Lipinski definition) is 2. The van der Waals surface area contributed by atoms with Crippen LogP contribution in [0.2, 0.25) is 0 Å². The highest BCUT2D eigenvalue weighted by Gasteiger charge is 2.29. The summed E-state index contributed by atoms with van der Waals surface area (Å²) in [6.45, 7) is 8.64. The molecule has 1 heterocycles. The summed E-state index contributed by atoms with van der Waals surface area (Å²) in [7, 11) is -3.58. The van der Waals surface area contributed by atoms with Gasteiger partial charge in [0.05, 0.1) is 11.5 Å². The number of ether oxygens (including phenoxy) is 1. The standard InChI is InChI=1S/C15H24N2O3S/c1-9-7-10(2)15(11(3)14(9)16)21(18,19)17-12(4)13-5-6-20-8-13/h7,12-13,17H,5-6,8,16H2,1-4H3. The predicted molar refractivity (Wildman–Crippen MR) is 83.8 cm³/mol. The zero-order valence-electron chi connectivity index (χ0n) is 13.1. The van der Waals surface area contributed by atoms with Crippen LogP contribution in [-0.4, -0.2) is 27.7 Å². The second-order valence-corrected chi connectivity index (χ2v) is 7.56. The second kappa shape index (κ2) is 5.94. The highest BCUT2D eigenvalue weighted by atomic mass is 32.2. The Hall–Kier alpha value is -1.11. The van der Waals surface area contributed by atoms with Gasteiger partial charge in [-0.05, 0) is 50.8 Å². The number of nitrogens with one attached hydrogen (secondary N) is 1. The van der Waals surface area contributed by atoms with E-state index in [1.165, 1.54) is 0 Å². The van der Waals surface area contributed by atoms with Gasteiger partial charge in [-0.15, -0.1) is 0 Å². The SMILES string of the molecule is Cc1cc(C)c(S(=O)(=O)NC(C)C2CCOC2)c(C)c1N. The maximum absolute atomic E-state index is 12.7. The number of sulfonamides is 1. The molecule has 0 saturated carbocycles. The molecule has 2 unspecified atom stereocenters. The van der Waals surface area contributed by atoms with Gasteiger partial charge in [-0.1, -0.05) is 6.07 Å². The first-order chi connectivity index (χ1) is 9.74. The molecular weight excluding hydrogens is 288 g/mol. The van der Waals surface area contributed by atoms with Crippen LogP contribution in [0.1, 0.15) is 30.0 Å². The number of aryl methyl sites for hydroxylation is 2. The molecule has 2 atom stereocenters. The number of hydrogen-bond acceptors (Lipinski definition) is 4. The maximum atomic E-state index is 12.7. The van der Waals surface area contributed by atoms with E-state index in [9.17, 15) is 8.42 Å². The Kier molecular flexibility index (Phi) is 4.60. The number of nitrogen functional groups attached to an aromatic ring is 1. The van der Waals surface area contributed by atoms with Crippen molar-refractivity contribution in [1.82, 2.24) is 4.72 Å². The van der Waals surface area contributed by atoms with Gasteiger partial charge in [0.1, 0.15) is 0 Å². The fourth-order valence-corrected chi connectivity index (χ4v) is 4.74. The molecule has 1 aliphatic heterocycles. The fraction of sp³-hybridized carbons (Fsp3) is 0.600. The van der Waals surface area contributed by atoms with E-state index in [0.29, 0.717) is 29.4 Å². The second-order valence-electron chi connectivity index (χ2n) is 5.91. The van der Waals surface area contributed by atoms with Crippen LogP contribution in [0.15, 0.2) is 11.0 Å². The van der Waals surface area contributed by atoms with Crippen LogP contribution in [0.3, 0.4) is 0 Å². The summed E-state index contributed by atoms with van der Waals surface area (Å²) < 4.78 is 33.5. The molecule has 1 aromatic carbocycles. The van der Waals surface area contributed by atoms with Gasteiger partial charge in [0.15, 0.2) is 0 Å². The smallest absolute Gasteiger partial charge is 0.241 e. The monoisotopic (exact) mass is 312 g/mol. The predicted octanol–water partition coefficient (Wildman–Crippen LogP) is 1.90. The van der Waals surface area contributed by atoms with E-state index < -0.39 is 10.0 Å². The first-order valence-electron chi connectivity index (χ1n) is 7.20. The van der Waals surface area contributed by atoms with Crippen LogP contribution >= 0.6 is 0 Å². The minimum atomic E-state index is -3.58. The van der Waals surface area contributed by atoms with Crippen molar-refractivity contribution >= 4 is 15.7 Å². The molecule has 0 bridgehead atoms. The Balaban J connectivity index is 2.33. The normalized spacial score (nSPS) is 20.7. The number of anilines is 1. The lowest BCUT2D eigenvalue weighted by Gasteiger charge is -2.21. The van der Waals surface area contributed by atoms with Crippen molar-refractivity contribution in [3.63, 3.8) is 0 Å². The average molecular weight is 312 g/mol. The van der Waals surface area contributed by atoms with E-state index in [4.69, 9.17) is 10.5 Å². The quantitative estimate of drug-likeness (QED) is 0.832. The van der Waals surface area contributed by atoms with Crippen molar-refractivity contribution in [2.45, 2.75) is 45.1 Å². The molecule has 1 aromatic rings. The van der Waals surface area contributed by atoms with Gasteiger partial charge < -0.3 is 10.5 Å². The third kappa shape index (κ3) is 3.22. The summed E-state index contributed by atoms with van der Waals surface area (Å²) in [6.07, 6.45) is 0.887. The van der Waals surface area contributed by atoms with Gasteiger partial charge in [-0.2, -0.15) is 0 Å². The van der Waals surface area contributed by atoms with Crippen LogP contribution < -0.4 is 10.5 Å². The van der Waals surface area contributed by atoms with E-state index in [2.05, 4.69) is 4.72 Å². The van der Waals surface area contributed by atoms with Crippen molar-refractivity contribution in [2.24, 2.45) is 5.92 Å². The third-order valence-corrected chi connectivity index (χ3v) is 6.09. The summed E-state index contributed by atoms with van der Waals surface area (Å²) in [6, 6.07) is 1.67. The van der Waals surface area contributed by atoms with Crippen molar-refractivity contribution in [3.05, 3.63) is 22.8 Å². The Morgan fingerprint density at radius 2 is 2.00 bits per heavy atom. The van der Waals surface area contributed by atoms with E-state index in [0.717, 1.165) is 17.5 Å². The third-order valence-electron chi connectivity index (χ3n) is 4.24. The van der Waals surface area contributed by atoms with Crippen molar-refractivity contribution < 1.29 is 13.2 Å². The van der Waals surface area contributed by atoms with E-state index in [-0.39, 0.29) is 12.0 Å². The molecule has 0 spiro atoms. The molecule has 2 rings (SSSR count). The van der Waals surface area contributed by atoms with Gasteiger partial charge in [0, 0.05) is 24.3 Å². The summed E-state index contributed by atoms with van der Waals surface area (Å²) in [5.74, 6) is 0.225. The van der Waals surface area contributed by atoms with Crippen molar-refractivity contribution in [1.29, 1.82) is 0 Å². The number of benzene rings is 1. The van der Waals surface area contributed by atoms with Gasteiger partial charge in [0.25, 0.3) is 0 Å². The lowest BCUT2D eigenvalue weighted by Crippen LogP contribution is -2.39. The molecule has 118 valence electrons. The van der Waals surface area contributed by atoms with Crippen LogP contribution in [0, 0.1) is 26.7 Å². The molecule has 1 aliphatic rings. The lowest BCUT2D eigenvalue weighted by molar-refractivity contribution is 0.180. The van der Waals surface area contributed by atoms with E-state index in [1.54, 1.807) is 13.8 Å². The van der Waals surface area contributed by atoms with Crippen LogP contribution in [0.4, 0.5) is 5.69 Å². The average Bonchev–Trinajstić information content (AvgIpc) is 2.89. The zero-order chi connectivity index (χ0) is 15.8. The van der Waals surface area contributed by atoms with Crippen LogP contribution in [-0.2, 0) is 14.8 Å². The van der Waals surface area contributed by atoms with Gasteiger partial charge in [-0.3, -0.25) is 0 Å². The highest BCUT2D eigenvalue weighted by molar-refractivity contribution is 7.89. The maximum Gasteiger partial charge on any atom is 0.241 e. The molecule has 1 saturated heterocycles. The molecule has 3 N–H and O–H groups in total. The Morgan fingerprint density at radius 3 is 2.57 bits per heavy atom. The largest absolute Gasteiger partial charge is 0.398 e. The summed E-state index contributed by atoms with van der Waals surface area (Å²) in [5, 5.41) is 0. The van der Waals surface area contributed by atoms with Gasteiger partial charge in [-0.25, -0.2) is 13.1 Å². The molecule has 6 heteroatoms. The van der Waals surface area contributed by atoms with Gasteiger partial charge in [0.2, 0.25) is 10.0 Å². The molecular formula is C15H24N2O3S. The number of nitrogens with two attached hydrogens (primary N) is 1. The zero-order valence-corrected chi connectivity index (χ0v) is 13.9. The molecule has 0 amide bonds. The molecule has 0 radical (unpaired) electrons. The van der Waals surface area contributed by atoms with Crippen LogP contribution in [0.5, 0.6) is 0 Å². The minimum Gasteiger partial charge on any atom is -0.398 e. The molecule has 0 aromatic heterocycles. The Bertz CT molecular complexity index is 635. The van der Waals surface area contributed by atoms with E-state index in [1.807, 2.05) is 19.9 Å². The van der Waals surface area contributed by atoms with Crippen molar-refractivity contribution in [3.8, 4) is 0 Å². The number of rotatable bonds is 4. The molecule has 5 nitrogen and oxygen atoms in total. The minimum absolute atomic E-state index is 0.154. The first kappa shape index (κ1) is 16.3. The first-order valence-corrected chi connectivity index (χ1v) is 8.68.